The van der Waals surface area contributed by atoms with Crippen LogP contribution >= 0.6 is 0 Å². The zero-order chi connectivity index (χ0) is 42.6. The number of hydrogen-bond acceptors (Lipinski definition) is 8. The average molecular weight is 822 g/mol. The molecule has 0 radical (unpaired) electrons. The number of nitrogens with two attached hydrogens (primary N) is 1. The van der Waals surface area contributed by atoms with Gasteiger partial charge in [0.15, 0.2) is 0 Å². The number of aromatic nitrogens is 2. The molecule has 8 atom stereocenters. The SMILES string of the molecule is CCCCC[C@@H]1C=C[C@@H](CCCCC[C@H](C(=O)O)[C@H](O)CC[C@]2(O)C[C@H](Cc3ccnc(N)c3)C[C@H]2Cc2ccc(-c3cc(O)cc(O)c3Cc3ccccc3)[nH]2)[C@H](O)C1. The van der Waals surface area contributed by atoms with E-state index in [0.717, 1.165) is 61.0 Å². The summed E-state index contributed by atoms with van der Waals surface area (Å²) in [6, 6.07) is 20.6. The highest BCUT2D eigenvalue weighted by molar-refractivity contribution is 5.71. The van der Waals surface area contributed by atoms with Crippen LogP contribution in [0.25, 0.3) is 11.3 Å². The minimum absolute atomic E-state index is 0.00998. The fourth-order valence-corrected chi connectivity index (χ4v) is 10.1. The predicted octanol–water partition coefficient (Wildman–Crippen LogP) is 9.13. The number of rotatable bonds is 22. The molecule has 0 aliphatic heterocycles. The van der Waals surface area contributed by atoms with Gasteiger partial charge >= 0.3 is 5.97 Å². The monoisotopic (exact) mass is 821 g/mol. The Hall–Kier alpha value is -4.64. The van der Waals surface area contributed by atoms with Crippen molar-refractivity contribution in [2.24, 2.45) is 29.6 Å². The highest BCUT2D eigenvalue weighted by Crippen LogP contribution is 2.46. The van der Waals surface area contributed by atoms with Gasteiger partial charge < -0.3 is 41.4 Å². The molecule has 0 saturated heterocycles. The molecule has 2 heterocycles. The molecule has 0 amide bonds. The number of benzene rings is 2. The fourth-order valence-electron chi connectivity index (χ4n) is 10.1. The standard InChI is InChI=1S/C50H67N3O7/c1-2-3-6-11-34-16-17-37(46(56)27-34)14-9-5-10-15-41(49(58)59)45(55)20-22-50(60)32-36(24-35-21-23-52-48(51)28-35)25-38(50)29-39-18-19-44(53-39)42-30-40(54)31-47(57)43(42)26-33-12-7-4-8-13-33/h4,7-8,12-13,16-19,21,23,28,30-31,34,36-38,41,45-46,53-57,60H,2-3,5-6,9-11,14-15,20,22,24-27,29,32H2,1H3,(H2,51,52)(H,58,59)/t34-,36-,37-,38+,41+,45-,46-,50+/m1/s1. The third-order valence-corrected chi connectivity index (χ3v) is 13.4. The quantitative estimate of drug-likeness (QED) is 0.0282. The molecule has 2 aromatic heterocycles. The Morgan fingerprint density at radius 1 is 0.917 bits per heavy atom. The Kier molecular flexibility index (Phi) is 15.9. The van der Waals surface area contributed by atoms with Gasteiger partial charge in [-0.3, -0.25) is 4.79 Å². The van der Waals surface area contributed by atoms with Crippen LogP contribution in [0.5, 0.6) is 11.5 Å². The normalized spacial score (nSPS) is 23.8. The van der Waals surface area contributed by atoms with Crippen molar-refractivity contribution in [1.29, 1.82) is 0 Å². The molecule has 9 N–H and O–H groups in total. The van der Waals surface area contributed by atoms with Gasteiger partial charge in [-0.1, -0.05) is 87.9 Å². The number of nitrogen functional groups attached to an aromatic ring is 1. The number of nitrogens with one attached hydrogen (secondary N) is 1. The number of anilines is 1. The van der Waals surface area contributed by atoms with E-state index >= 15 is 0 Å². The van der Waals surface area contributed by atoms with Gasteiger partial charge in [-0.05, 0) is 123 Å². The van der Waals surface area contributed by atoms with E-state index in [1.54, 1.807) is 12.3 Å². The van der Waals surface area contributed by atoms with E-state index in [1.807, 2.05) is 54.6 Å². The fraction of sp³-hybridized carbons (Fsp3) is 0.520. The maximum atomic E-state index is 12.5. The minimum atomic E-state index is -1.15. The van der Waals surface area contributed by atoms with Gasteiger partial charge in [0.2, 0.25) is 0 Å². The predicted molar refractivity (Wildman–Crippen MR) is 236 cm³/mol. The van der Waals surface area contributed by atoms with Crippen LogP contribution in [0, 0.1) is 29.6 Å². The Labute approximate surface area is 355 Å². The zero-order valence-electron chi connectivity index (χ0n) is 35.3. The second-order valence-electron chi connectivity index (χ2n) is 18.0. The van der Waals surface area contributed by atoms with Gasteiger partial charge in [0.25, 0.3) is 0 Å². The molecule has 0 unspecified atom stereocenters. The number of allylic oxidation sites excluding steroid dienone is 1. The molecule has 10 nitrogen and oxygen atoms in total. The van der Waals surface area contributed by atoms with Crippen molar-refractivity contribution in [3.05, 3.63) is 107 Å². The van der Waals surface area contributed by atoms with Crippen LogP contribution in [-0.2, 0) is 24.1 Å². The molecule has 2 aromatic carbocycles. The number of carbonyl (C=O) groups is 1. The molecule has 6 rings (SSSR count). The number of carboxylic acids is 1. The van der Waals surface area contributed by atoms with E-state index < -0.39 is 23.6 Å². The zero-order valence-corrected chi connectivity index (χ0v) is 35.3. The molecule has 0 spiro atoms. The van der Waals surface area contributed by atoms with Crippen molar-refractivity contribution in [2.75, 3.05) is 5.73 Å². The summed E-state index contributed by atoms with van der Waals surface area (Å²) in [5, 5.41) is 66.2. The second-order valence-corrected chi connectivity index (χ2v) is 18.0. The van der Waals surface area contributed by atoms with E-state index in [-0.39, 0.29) is 48.2 Å². The topological polar surface area (TPSA) is 193 Å². The Morgan fingerprint density at radius 2 is 1.72 bits per heavy atom. The van der Waals surface area contributed by atoms with Crippen LogP contribution < -0.4 is 5.73 Å². The van der Waals surface area contributed by atoms with Crippen molar-refractivity contribution in [3.63, 3.8) is 0 Å². The van der Waals surface area contributed by atoms with E-state index in [9.17, 15) is 35.4 Å². The average Bonchev–Trinajstić information content (AvgIpc) is 3.80. The second kappa shape index (κ2) is 21.2. The van der Waals surface area contributed by atoms with Crippen LogP contribution in [0.2, 0.25) is 0 Å². The lowest BCUT2D eigenvalue weighted by molar-refractivity contribution is -0.146. The summed E-state index contributed by atoms with van der Waals surface area (Å²) in [6.07, 6.45) is 17.3. The molecular weight excluding hydrogens is 755 g/mol. The number of carboxylic acid groups (broad SMARTS) is 1. The minimum Gasteiger partial charge on any atom is -0.508 e. The summed E-state index contributed by atoms with van der Waals surface area (Å²) in [5.41, 5.74) is 9.93. The highest BCUT2D eigenvalue weighted by atomic mass is 16.4. The van der Waals surface area contributed by atoms with Gasteiger partial charge in [0, 0.05) is 47.1 Å². The molecule has 1 saturated carbocycles. The number of aliphatic hydroxyl groups is 3. The number of phenolic OH excluding ortho intramolecular Hbond substituents is 2. The van der Waals surface area contributed by atoms with Crippen LogP contribution in [-0.4, -0.2) is 64.4 Å². The Bertz CT molecular complexity index is 2000. The summed E-state index contributed by atoms with van der Waals surface area (Å²) >= 11 is 0. The summed E-state index contributed by atoms with van der Waals surface area (Å²) in [4.78, 5) is 20.1. The number of aliphatic carboxylic acids is 1. The number of unbranched alkanes of at least 4 members (excludes halogenated alkanes) is 4. The summed E-state index contributed by atoms with van der Waals surface area (Å²) in [6.45, 7) is 2.20. The maximum absolute atomic E-state index is 12.5. The molecule has 4 aromatic rings. The summed E-state index contributed by atoms with van der Waals surface area (Å²) < 4.78 is 0. The number of phenols is 2. The lowest BCUT2D eigenvalue weighted by Gasteiger charge is -2.32. The van der Waals surface area contributed by atoms with Crippen molar-refractivity contribution < 1.29 is 35.4 Å². The van der Waals surface area contributed by atoms with Gasteiger partial charge in [0.1, 0.15) is 17.3 Å². The maximum Gasteiger partial charge on any atom is 0.309 e. The highest BCUT2D eigenvalue weighted by Gasteiger charge is 2.46. The summed E-state index contributed by atoms with van der Waals surface area (Å²) in [7, 11) is 0. The van der Waals surface area contributed by atoms with E-state index in [1.165, 1.54) is 25.3 Å². The first-order valence-electron chi connectivity index (χ1n) is 22.4. The molecular formula is C50H67N3O7. The van der Waals surface area contributed by atoms with Crippen LogP contribution in [0.1, 0.15) is 119 Å². The number of pyridine rings is 1. The molecule has 2 aliphatic carbocycles. The number of H-pyrrole nitrogens is 1. The van der Waals surface area contributed by atoms with Crippen LogP contribution in [0.4, 0.5) is 5.82 Å². The van der Waals surface area contributed by atoms with Gasteiger partial charge in [0.05, 0.1) is 23.7 Å². The first kappa shape index (κ1) is 44.9. The van der Waals surface area contributed by atoms with Crippen molar-refractivity contribution in [3.8, 4) is 22.8 Å². The third kappa shape index (κ3) is 12.2. The molecule has 324 valence electrons. The van der Waals surface area contributed by atoms with E-state index in [0.29, 0.717) is 61.4 Å². The molecule has 60 heavy (non-hydrogen) atoms. The number of aliphatic hydroxyl groups excluding tert-OH is 2. The third-order valence-electron chi connectivity index (χ3n) is 13.4. The van der Waals surface area contributed by atoms with Crippen molar-refractivity contribution >= 4 is 11.8 Å². The first-order chi connectivity index (χ1) is 28.9. The molecule has 10 heteroatoms. The van der Waals surface area contributed by atoms with Crippen LogP contribution in [0.3, 0.4) is 0 Å². The number of aromatic amines is 1. The largest absolute Gasteiger partial charge is 0.508 e. The summed E-state index contributed by atoms with van der Waals surface area (Å²) in [5.74, 6) is -0.985. The van der Waals surface area contributed by atoms with E-state index in [2.05, 4.69) is 29.0 Å². The molecule has 0 bridgehead atoms. The lowest BCUT2D eigenvalue weighted by Crippen LogP contribution is -2.37. The van der Waals surface area contributed by atoms with Crippen molar-refractivity contribution in [1.82, 2.24) is 9.97 Å². The Morgan fingerprint density at radius 3 is 2.47 bits per heavy atom. The number of hydrogen-bond donors (Lipinski definition) is 8. The van der Waals surface area contributed by atoms with Crippen molar-refractivity contribution in [2.45, 2.75) is 134 Å². The molecule has 2 aliphatic rings. The van der Waals surface area contributed by atoms with Gasteiger partial charge in [-0.25, -0.2) is 4.98 Å². The first-order valence-corrected chi connectivity index (χ1v) is 22.4. The molecule has 1 fully saturated rings. The lowest BCUT2D eigenvalue weighted by atomic mass is 9.80. The van der Waals surface area contributed by atoms with Gasteiger partial charge in [-0.2, -0.15) is 0 Å². The van der Waals surface area contributed by atoms with Gasteiger partial charge in [-0.15, -0.1) is 0 Å². The number of nitrogens with zero attached hydrogens (tertiary/aromatic N) is 1. The van der Waals surface area contributed by atoms with Crippen LogP contribution in [0.15, 0.2) is 85.1 Å². The Balaban J connectivity index is 1.09. The number of aromatic hydroxyl groups is 2. The smallest absolute Gasteiger partial charge is 0.309 e. The van der Waals surface area contributed by atoms with E-state index in [4.69, 9.17) is 5.73 Å².